The molecule has 1 aliphatic rings. The molecule has 0 fully saturated rings. The number of aryl methyl sites for hydroxylation is 2. The van der Waals surface area contributed by atoms with Gasteiger partial charge in [0.25, 0.3) is 5.91 Å². The number of nitrogens with zero attached hydrogens (tertiary/aromatic N) is 2. The predicted molar refractivity (Wildman–Crippen MR) is 197 cm³/mol. The molecule has 50 heavy (non-hydrogen) atoms. The Labute approximate surface area is 300 Å². The summed E-state index contributed by atoms with van der Waals surface area (Å²) in [6.45, 7) is 4.11. The van der Waals surface area contributed by atoms with Gasteiger partial charge in [-0.1, -0.05) is 75.6 Å². The summed E-state index contributed by atoms with van der Waals surface area (Å²) in [6, 6.07) is 19.4. The molecular weight excluding hydrogens is 674 g/mol. The van der Waals surface area contributed by atoms with Crippen LogP contribution in [0.25, 0.3) is 0 Å². The third-order valence-electron chi connectivity index (χ3n) is 9.00. The number of halogens is 1. The van der Waals surface area contributed by atoms with Gasteiger partial charge in [0.05, 0.1) is 15.5 Å². The molecule has 1 aliphatic heterocycles. The van der Waals surface area contributed by atoms with Crippen LogP contribution >= 0.6 is 11.6 Å². The Morgan fingerprint density at radius 3 is 2.20 bits per heavy atom. The van der Waals surface area contributed by atoms with Gasteiger partial charge in [-0.05, 0) is 105 Å². The van der Waals surface area contributed by atoms with Crippen LogP contribution in [-0.4, -0.2) is 35.3 Å². The van der Waals surface area contributed by atoms with Gasteiger partial charge in [0.2, 0.25) is 9.84 Å². The van der Waals surface area contributed by atoms with E-state index < -0.39 is 15.9 Å². The normalized spacial score (nSPS) is 14.6. The number of phenols is 1. The van der Waals surface area contributed by atoms with E-state index in [0.29, 0.717) is 22.9 Å². The highest BCUT2D eigenvalue weighted by Crippen LogP contribution is 2.32. The second-order valence-electron chi connectivity index (χ2n) is 12.9. The zero-order chi connectivity index (χ0) is 35.5. The Hall–Kier alpha value is -4.06. The maximum absolute atomic E-state index is 13.5. The summed E-state index contributed by atoms with van der Waals surface area (Å²) >= 11 is 6.31. The van der Waals surface area contributed by atoms with Crippen molar-refractivity contribution in [3.05, 3.63) is 89.1 Å². The molecule has 4 aromatic rings. The van der Waals surface area contributed by atoms with Gasteiger partial charge in [0.1, 0.15) is 22.7 Å². The molecule has 2 unspecified atom stereocenters. The fourth-order valence-corrected chi connectivity index (χ4v) is 7.51. The number of sulfone groups is 1. The van der Waals surface area contributed by atoms with Crippen molar-refractivity contribution in [2.24, 2.45) is 0 Å². The van der Waals surface area contributed by atoms with Gasteiger partial charge in [-0.2, -0.15) is 5.10 Å². The number of hydrogen-bond acceptors (Lipinski definition) is 8. The molecule has 10 nitrogen and oxygen atoms in total. The van der Waals surface area contributed by atoms with E-state index in [1.807, 2.05) is 35.9 Å². The van der Waals surface area contributed by atoms with Crippen molar-refractivity contribution in [1.82, 2.24) is 15.2 Å². The van der Waals surface area contributed by atoms with Crippen LogP contribution in [0.4, 0.5) is 11.5 Å². The molecule has 2 heterocycles. The highest BCUT2D eigenvalue weighted by atomic mass is 35.5. The van der Waals surface area contributed by atoms with Crippen LogP contribution in [0.3, 0.4) is 0 Å². The molecule has 4 N–H and O–H groups in total. The van der Waals surface area contributed by atoms with Gasteiger partial charge in [-0.25, -0.2) is 18.5 Å². The van der Waals surface area contributed by atoms with E-state index >= 15 is 0 Å². The molecule has 0 saturated heterocycles. The third kappa shape index (κ3) is 9.80. The summed E-state index contributed by atoms with van der Waals surface area (Å²) in [6.07, 6.45) is 11.7. The summed E-state index contributed by atoms with van der Waals surface area (Å²) in [5, 5.41) is 17.7. The zero-order valence-corrected chi connectivity index (χ0v) is 30.4. The summed E-state index contributed by atoms with van der Waals surface area (Å²) in [4.78, 5) is 13.7. The number of hydrogen-bond donors (Lipinski definition) is 4. The van der Waals surface area contributed by atoms with Crippen LogP contribution in [0, 0.1) is 6.92 Å². The molecule has 12 heteroatoms. The van der Waals surface area contributed by atoms with E-state index in [-0.39, 0.29) is 27.6 Å². The third-order valence-corrected chi connectivity index (χ3v) is 11.2. The van der Waals surface area contributed by atoms with E-state index in [9.17, 15) is 18.3 Å². The number of amides is 1. The fourth-order valence-electron chi connectivity index (χ4n) is 6.08. The molecule has 3 aromatic carbocycles. The standard InChI is InChI=1S/C38H48ClN5O5S/c1-3-4-5-6-7-8-9-10-13-34(49-31-21-25-33(26-22-31)50(47,48)32-23-19-30(45)20-24-32)38(46)40-29-17-15-28(16-18-29)12-11-14-35-41-42-37-36(39)27(2)43-44(35)37/h15-26,34-35,41-42,45H,3-14H2,1-2H3,(H,40,46). The molecule has 0 radical (unpaired) electrons. The van der Waals surface area contributed by atoms with E-state index in [0.717, 1.165) is 55.6 Å². The Bertz CT molecular complexity index is 1790. The van der Waals surface area contributed by atoms with E-state index in [1.54, 1.807) is 12.1 Å². The number of nitrogens with one attached hydrogen (secondary N) is 3. The number of fused-ring (bicyclic) bond motifs is 1. The highest BCUT2D eigenvalue weighted by molar-refractivity contribution is 7.91. The van der Waals surface area contributed by atoms with Gasteiger partial charge in [0.15, 0.2) is 11.9 Å². The smallest absolute Gasteiger partial charge is 0.265 e. The number of carbonyl (C=O) groups is 1. The first-order chi connectivity index (χ1) is 24.2. The van der Waals surface area contributed by atoms with Crippen LogP contribution < -0.4 is 20.9 Å². The number of carbonyl (C=O) groups excluding carboxylic acids is 1. The Morgan fingerprint density at radius 1 is 0.920 bits per heavy atom. The number of anilines is 2. The number of aromatic nitrogens is 2. The van der Waals surface area contributed by atoms with E-state index in [2.05, 4.69) is 28.2 Å². The second kappa shape index (κ2) is 17.7. The molecule has 1 aromatic heterocycles. The highest BCUT2D eigenvalue weighted by Gasteiger charge is 2.26. The summed E-state index contributed by atoms with van der Waals surface area (Å²) < 4.78 is 34.2. The van der Waals surface area contributed by atoms with Crippen LogP contribution in [0.5, 0.6) is 11.5 Å². The van der Waals surface area contributed by atoms with Gasteiger partial charge in [-0.3, -0.25) is 4.79 Å². The molecular formula is C38H48ClN5O5S. The minimum atomic E-state index is -3.77. The van der Waals surface area contributed by atoms with Crippen LogP contribution in [-0.2, 0) is 21.1 Å². The van der Waals surface area contributed by atoms with Crippen molar-refractivity contribution in [1.29, 1.82) is 0 Å². The van der Waals surface area contributed by atoms with Crippen LogP contribution in [0.15, 0.2) is 82.6 Å². The second-order valence-corrected chi connectivity index (χ2v) is 15.2. The van der Waals surface area contributed by atoms with Crippen molar-refractivity contribution in [2.75, 3.05) is 10.7 Å². The first-order valence-electron chi connectivity index (χ1n) is 17.6. The molecule has 0 aliphatic carbocycles. The predicted octanol–water partition coefficient (Wildman–Crippen LogP) is 8.75. The Morgan fingerprint density at radius 2 is 1.54 bits per heavy atom. The SMILES string of the molecule is CCCCCCCCCCC(Oc1ccc(S(=O)(=O)c2ccc(O)cc2)cc1)C(=O)Nc1ccc(CCCC2NNc3c(Cl)c(C)nn32)cc1. The molecule has 0 bridgehead atoms. The lowest BCUT2D eigenvalue weighted by atomic mass is 10.0. The topological polar surface area (TPSA) is 135 Å². The average Bonchev–Trinajstić information content (AvgIpc) is 3.64. The Balaban J connectivity index is 1.17. The number of aromatic hydroxyl groups is 1. The van der Waals surface area contributed by atoms with Crippen molar-refractivity contribution >= 4 is 38.9 Å². The lowest BCUT2D eigenvalue weighted by molar-refractivity contribution is -0.123. The molecule has 1 amide bonds. The lowest BCUT2D eigenvalue weighted by Gasteiger charge is -2.19. The number of ether oxygens (including phenoxy) is 1. The minimum absolute atomic E-state index is 0.00856. The summed E-state index contributed by atoms with van der Waals surface area (Å²) in [5.74, 6) is 0.960. The lowest BCUT2D eigenvalue weighted by Crippen LogP contribution is -2.33. The van der Waals surface area contributed by atoms with Crippen LogP contribution in [0.1, 0.15) is 95.0 Å². The quantitative estimate of drug-likeness (QED) is 0.0707. The van der Waals surface area contributed by atoms with Crippen molar-refractivity contribution in [2.45, 2.75) is 113 Å². The van der Waals surface area contributed by atoms with Crippen LogP contribution in [0.2, 0.25) is 5.02 Å². The molecule has 0 spiro atoms. The molecule has 268 valence electrons. The Kier molecular flexibility index (Phi) is 13.2. The summed E-state index contributed by atoms with van der Waals surface area (Å²) in [5.41, 5.74) is 9.01. The largest absolute Gasteiger partial charge is 0.508 e. The van der Waals surface area contributed by atoms with Gasteiger partial charge in [-0.15, -0.1) is 0 Å². The number of rotatable bonds is 19. The zero-order valence-electron chi connectivity index (χ0n) is 28.8. The summed E-state index contributed by atoms with van der Waals surface area (Å²) in [7, 11) is -3.77. The molecule has 0 saturated carbocycles. The van der Waals surface area contributed by atoms with Gasteiger partial charge in [0, 0.05) is 5.69 Å². The van der Waals surface area contributed by atoms with Crippen molar-refractivity contribution < 1.29 is 23.1 Å². The number of benzene rings is 3. The van der Waals surface area contributed by atoms with Gasteiger partial charge < -0.3 is 20.6 Å². The minimum Gasteiger partial charge on any atom is -0.508 e. The fraction of sp³-hybridized carbons (Fsp3) is 0.421. The first kappa shape index (κ1) is 37.2. The molecule has 2 atom stereocenters. The van der Waals surface area contributed by atoms with E-state index in [1.165, 1.54) is 68.5 Å². The van der Waals surface area contributed by atoms with Crippen molar-refractivity contribution in [3.8, 4) is 11.5 Å². The number of hydrazine groups is 1. The first-order valence-corrected chi connectivity index (χ1v) is 19.5. The van der Waals surface area contributed by atoms with Crippen molar-refractivity contribution in [3.63, 3.8) is 0 Å². The van der Waals surface area contributed by atoms with E-state index in [4.69, 9.17) is 16.3 Å². The number of phenolic OH excluding ortho intramolecular Hbond substituents is 1. The monoisotopic (exact) mass is 721 g/mol. The number of unbranched alkanes of at least 4 members (excludes halogenated alkanes) is 7. The average molecular weight is 722 g/mol. The van der Waals surface area contributed by atoms with Gasteiger partial charge >= 0.3 is 0 Å². The molecule has 5 rings (SSSR count). The maximum Gasteiger partial charge on any atom is 0.265 e. The maximum atomic E-state index is 13.5.